The molecule has 0 saturated carbocycles. The fraction of sp³-hybridized carbons (Fsp3) is 0.250. The second kappa shape index (κ2) is 8.95. The van der Waals surface area contributed by atoms with E-state index in [0.717, 1.165) is 24.4 Å². The summed E-state index contributed by atoms with van der Waals surface area (Å²) in [4.78, 5) is 0. The van der Waals surface area contributed by atoms with Gasteiger partial charge >= 0.3 is 0 Å². The zero-order valence-corrected chi connectivity index (χ0v) is 16.8. The van der Waals surface area contributed by atoms with Crippen molar-refractivity contribution in [2.45, 2.75) is 37.3 Å². The van der Waals surface area contributed by atoms with Crippen LogP contribution < -0.4 is 0 Å². The quantitative estimate of drug-likeness (QED) is 0.412. The van der Waals surface area contributed by atoms with Crippen molar-refractivity contribution >= 4 is 11.8 Å². The van der Waals surface area contributed by atoms with Crippen molar-refractivity contribution in [3.05, 3.63) is 71.8 Å². The van der Waals surface area contributed by atoms with Crippen molar-refractivity contribution in [2.75, 3.05) is 0 Å². The minimum Gasteiger partial charge on any atom is -0.297 e. The third-order valence-electron chi connectivity index (χ3n) is 4.39. The largest absolute Gasteiger partial charge is 0.297 e. The van der Waals surface area contributed by atoms with Crippen LogP contribution in [0.5, 0.6) is 0 Å². The number of hydrogen-bond donors (Lipinski definition) is 0. The maximum atomic E-state index is 14.4. The van der Waals surface area contributed by atoms with Crippen LogP contribution in [0, 0.1) is 5.82 Å². The van der Waals surface area contributed by atoms with E-state index in [2.05, 4.69) is 32.6 Å². The molecule has 0 unspecified atom stereocenters. The van der Waals surface area contributed by atoms with Gasteiger partial charge in [-0.2, -0.15) is 0 Å². The van der Waals surface area contributed by atoms with Gasteiger partial charge in [0.2, 0.25) is 0 Å². The molecule has 4 aromatic rings. The highest BCUT2D eigenvalue weighted by Gasteiger charge is 2.18. The number of thioether (sulfide) groups is 1. The van der Waals surface area contributed by atoms with Gasteiger partial charge in [-0.25, -0.2) is 9.07 Å². The molecular formula is C20H20FN7S. The van der Waals surface area contributed by atoms with Gasteiger partial charge in [0.1, 0.15) is 5.82 Å². The number of halogens is 1. The number of rotatable bonds is 8. The van der Waals surface area contributed by atoms with Crippen LogP contribution in [0.15, 0.2) is 59.8 Å². The van der Waals surface area contributed by atoms with Crippen LogP contribution in [0.4, 0.5) is 4.39 Å². The van der Waals surface area contributed by atoms with Crippen LogP contribution in [0.25, 0.3) is 11.4 Å². The molecule has 0 saturated heterocycles. The average Bonchev–Trinajstić information content (AvgIpc) is 3.35. The number of benzene rings is 2. The molecule has 2 aromatic carbocycles. The molecule has 0 aliphatic carbocycles. The smallest absolute Gasteiger partial charge is 0.192 e. The molecule has 0 bridgehead atoms. The van der Waals surface area contributed by atoms with E-state index in [-0.39, 0.29) is 5.82 Å². The lowest BCUT2D eigenvalue weighted by atomic mass is 10.2. The predicted octanol–water partition coefficient (Wildman–Crippen LogP) is 3.82. The lowest BCUT2D eigenvalue weighted by Crippen LogP contribution is -2.07. The predicted molar refractivity (Wildman–Crippen MR) is 109 cm³/mol. The van der Waals surface area contributed by atoms with E-state index < -0.39 is 0 Å². The molecule has 0 spiro atoms. The van der Waals surface area contributed by atoms with Crippen molar-refractivity contribution in [3.63, 3.8) is 0 Å². The molecule has 2 heterocycles. The minimum absolute atomic E-state index is 0.322. The van der Waals surface area contributed by atoms with Gasteiger partial charge in [-0.1, -0.05) is 61.2 Å². The highest BCUT2D eigenvalue weighted by molar-refractivity contribution is 7.98. The number of aromatic nitrogens is 7. The van der Waals surface area contributed by atoms with E-state index in [1.807, 2.05) is 34.9 Å². The van der Waals surface area contributed by atoms with Gasteiger partial charge in [0.05, 0.1) is 17.9 Å². The topological polar surface area (TPSA) is 74.3 Å². The Labute approximate surface area is 172 Å². The van der Waals surface area contributed by atoms with E-state index >= 15 is 0 Å². The van der Waals surface area contributed by atoms with Crippen LogP contribution >= 0.6 is 11.8 Å². The molecule has 7 nitrogen and oxygen atoms in total. The van der Waals surface area contributed by atoms with Crippen molar-refractivity contribution < 1.29 is 4.39 Å². The molecule has 0 amide bonds. The van der Waals surface area contributed by atoms with Crippen LogP contribution in [0.3, 0.4) is 0 Å². The summed E-state index contributed by atoms with van der Waals surface area (Å²) in [6.07, 6.45) is 0.949. The van der Waals surface area contributed by atoms with E-state index in [0.29, 0.717) is 28.8 Å². The maximum absolute atomic E-state index is 14.4. The SMILES string of the molecule is CCCn1nnnc1CSc1nnc(-c2ccccc2F)n1Cc1ccccc1. The zero-order chi connectivity index (χ0) is 20.1. The molecule has 4 rings (SSSR count). The molecule has 0 atom stereocenters. The first-order chi connectivity index (χ1) is 14.3. The molecule has 0 aliphatic heterocycles. The summed E-state index contributed by atoms with van der Waals surface area (Å²) in [7, 11) is 0. The maximum Gasteiger partial charge on any atom is 0.192 e. The summed E-state index contributed by atoms with van der Waals surface area (Å²) in [5, 5.41) is 21.2. The van der Waals surface area contributed by atoms with Gasteiger partial charge < -0.3 is 0 Å². The van der Waals surface area contributed by atoms with E-state index in [9.17, 15) is 4.39 Å². The van der Waals surface area contributed by atoms with Gasteiger partial charge in [-0.3, -0.25) is 4.57 Å². The Kier molecular flexibility index (Phi) is 5.95. The Balaban J connectivity index is 1.66. The van der Waals surface area contributed by atoms with Gasteiger partial charge in [-0.15, -0.1) is 15.3 Å². The number of hydrogen-bond acceptors (Lipinski definition) is 6. The third-order valence-corrected chi connectivity index (χ3v) is 5.35. The highest BCUT2D eigenvalue weighted by atomic mass is 32.2. The standard InChI is InChI=1S/C20H20FN7S/c1-2-12-28-18(22-25-26-28)14-29-20-24-23-19(16-10-6-7-11-17(16)21)27(20)13-15-8-4-3-5-9-15/h3-11H,2,12-14H2,1H3. The fourth-order valence-corrected chi connectivity index (χ4v) is 3.86. The molecule has 2 aromatic heterocycles. The van der Waals surface area contributed by atoms with Crippen molar-refractivity contribution in [1.82, 2.24) is 35.0 Å². The number of tetrazole rings is 1. The Bertz CT molecular complexity index is 1080. The summed E-state index contributed by atoms with van der Waals surface area (Å²) >= 11 is 1.49. The molecule has 0 radical (unpaired) electrons. The molecule has 0 N–H and O–H groups in total. The zero-order valence-electron chi connectivity index (χ0n) is 15.9. The molecule has 9 heteroatoms. The van der Waals surface area contributed by atoms with E-state index in [1.54, 1.807) is 22.9 Å². The first-order valence-electron chi connectivity index (χ1n) is 9.36. The van der Waals surface area contributed by atoms with E-state index in [4.69, 9.17) is 0 Å². The lowest BCUT2D eigenvalue weighted by molar-refractivity contribution is 0.564. The summed E-state index contributed by atoms with van der Waals surface area (Å²) < 4.78 is 18.2. The van der Waals surface area contributed by atoms with Gasteiger partial charge in [0.25, 0.3) is 0 Å². The summed E-state index contributed by atoms with van der Waals surface area (Å²) in [5.74, 6) is 1.51. The van der Waals surface area contributed by atoms with Gasteiger partial charge in [0, 0.05) is 6.54 Å². The normalized spacial score (nSPS) is 11.1. The Hall–Kier alpha value is -3.07. The number of aryl methyl sites for hydroxylation is 1. The highest BCUT2D eigenvalue weighted by Crippen LogP contribution is 2.28. The Morgan fingerprint density at radius 3 is 2.55 bits per heavy atom. The summed E-state index contributed by atoms with van der Waals surface area (Å²) in [5.41, 5.74) is 1.51. The van der Waals surface area contributed by atoms with Gasteiger partial charge in [-0.05, 0) is 34.5 Å². The van der Waals surface area contributed by atoms with Crippen LogP contribution in [-0.4, -0.2) is 35.0 Å². The minimum atomic E-state index is -0.322. The van der Waals surface area contributed by atoms with Crippen LogP contribution in [0.1, 0.15) is 24.7 Å². The molecule has 29 heavy (non-hydrogen) atoms. The molecule has 0 aliphatic rings. The molecular weight excluding hydrogens is 389 g/mol. The third kappa shape index (κ3) is 4.34. The van der Waals surface area contributed by atoms with Crippen molar-refractivity contribution in [2.24, 2.45) is 0 Å². The molecule has 148 valence electrons. The van der Waals surface area contributed by atoms with Crippen molar-refractivity contribution in [3.8, 4) is 11.4 Å². The number of nitrogens with zero attached hydrogens (tertiary/aromatic N) is 7. The first kappa shape index (κ1) is 19.3. The van der Waals surface area contributed by atoms with E-state index in [1.165, 1.54) is 17.8 Å². The summed E-state index contributed by atoms with van der Waals surface area (Å²) in [6.45, 7) is 3.38. The van der Waals surface area contributed by atoms with Crippen molar-refractivity contribution in [1.29, 1.82) is 0 Å². The monoisotopic (exact) mass is 409 g/mol. The van der Waals surface area contributed by atoms with Crippen LogP contribution in [0.2, 0.25) is 0 Å². The Morgan fingerprint density at radius 2 is 1.76 bits per heavy atom. The Morgan fingerprint density at radius 1 is 0.966 bits per heavy atom. The lowest BCUT2D eigenvalue weighted by Gasteiger charge is -2.11. The average molecular weight is 409 g/mol. The first-order valence-corrected chi connectivity index (χ1v) is 10.3. The fourth-order valence-electron chi connectivity index (χ4n) is 2.99. The van der Waals surface area contributed by atoms with Crippen LogP contribution in [-0.2, 0) is 18.8 Å². The second-order valence-electron chi connectivity index (χ2n) is 6.46. The van der Waals surface area contributed by atoms with Gasteiger partial charge in [0.15, 0.2) is 16.8 Å². The second-order valence-corrected chi connectivity index (χ2v) is 7.41. The summed E-state index contributed by atoms with van der Waals surface area (Å²) in [6, 6.07) is 16.6. The molecule has 0 fully saturated rings.